The smallest absolute Gasteiger partial charge is 0.258 e. The fourth-order valence-corrected chi connectivity index (χ4v) is 4.69. The lowest BCUT2D eigenvalue weighted by Gasteiger charge is -2.29. The maximum atomic E-state index is 14.7. The van der Waals surface area contributed by atoms with Crippen molar-refractivity contribution in [1.82, 2.24) is 14.8 Å². The van der Waals surface area contributed by atoms with Crippen LogP contribution >= 0.6 is 0 Å². The average Bonchev–Trinajstić information content (AvgIpc) is 3.20. The van der Waals surface area contributed by atoms with Crippen molar-refractivity contribution in [3.05, 3.63) is 66.0 Å². The Kier molecular flexibility index (Phi) is 5.68. The van der Waals surface area contributed by atoms with Gasteiger partial charge in [-0.15, -0.1) is 0 Å². The van der Waals surface area contributed by atoms with Crippen molar-refractivity contribution < 1.29 is 18.0 Å². The molecule has 0 radical (unpaired) electrons. The van der Waals surface area contributed by atoms with Crippen LogP contribution in [0.2, 0.25) is 0 Å². The van der Waals surface area contributed by atoms with Gasteiger partial charge in [-0.3, -0.25) is 14.5 Å². The van der Waals surface area contributed by atoms with E-state index in [1.54, 1.807) is 36.7 Å². The van der Waals surface area contributed by atoms with Gasteiger partial charge in [-0.2, -0.15) is 5.10 Å². The monoisotopic (exact) mass is 454 g/mol. The molecule has 2 fully saturated rings. The molecule has 172 valence electrons. The maximum absolute atomic E-state index is 14.7. The highest BCUT2D eigenvalue weighted by molar-refractivity contribution is 6.09. The minimum absolute atomic E-state index is 0.223. The molecule has 33 heavy (non-hydrogen) atoms. The quantitative estimate of drug-likeness (QED) is 0.488. The first-order chi connectivity index (χ1) is 15.9. The van der Waals surface area contributed by atoms with E-state index in [2.05, 4.69) is 15.4 Å². The number of rotatable bonds is 5. The van der Waals surface area contributed by atoms with Gasteiger partial charge in [0.05, 0.1) is 29.2 Å². The highest BCUT2D eigenvalue weighted by atomic mass is 19.3. The van der Waals surface area contributed by atoms with Gasteiger partial charge in [0.1, 0.15) is 5.82 Å². The van der Waals surface area contributed by atoms with Gasteiger partial charge in [-0.1, -0.05) is 18.2 Å². The largest absolute Gasteiger partial charge is 0.319 e. The summed E-state index contributed by atoms with van der Waals surface area (Å²) in [6, 6.07) is 8.17. The number of aromatic nitrogens is 3. The Hall–Kier alpha value is -3.16. The number of hydrogen-bond acceptors (Lipinski definition) is 3. The van der Waals surface area contributed by atoms with Crippen LogP contribution in [0.25, 0.3) is 11.1 Å². The van der Waals surface area contributed by atoms with E-state index >= 15 is 0 Å². The zero-order chi connectivity index (χ0) is 23.0. The van der Waals surface area contributed by atoms with E-state index in [0.717, 1.165) is 19.3 Å². The van der Waals surface area contributed by atoms with Gasteiger partial charge < -0.3 is 5.32 Å². The molecule has 1 N–H and O–H groups in total. The maximum Gasteiger partial charge on any atom is 0.258 e. The van der Waals surface area contributed by atoms with Crippen LogP contribution in [-0.2, 0) is 0 Å². The van der Waals surface area contributed by atoms with Crippen molar-refractivity contribution in [2.24, 2.45) is 0 Å². The fourth-order valence-electron chi connectivity index (χ4n) is 4.69. The van der Waals surface area contributed by atoms with E-state index in [9.17, 15) is 18.0 Å². The summed E-state index contributed by atoms with van der Waals surface area (Å²) in [5.41, 5.74) is 1.89. The van der Waals surface area contributed by atoms with Crippen LogP contribution < -0.4 is 5.32 Å². The van der Waals surface area contributed by atoms with Crippen LogP contribution in [0, 0.1) is 5.82 Å². The van der Waals surface area contributed by atoms with Gasteiger partial charge in [0.2, 0.25) is 5.92 Å². The minimum Gasteiger partial charge on any atom is -0.319 e. The lowest BCUT2D eigenvalue weighted by molar-refractivity contribution is -0.0385. The number of anilines is 1. The third-order valence-electron chi connectivity index (χ3n) is 6.78. The summed E-state index contributed by atoms with van der Waals surface area (Å²) < 4.78 is 44.1. The summed E-state index contributed by atoms with van der Waals surface area (Å²) in [5.74, 6) is -3.90. The molecule has 1 aromatic carbocycles. The normalized spacial score (nSPS) is 18.6. The van der Waals surface area contributed by atoms with Crippen LogP contribution in [0.15, 0.2) is 48.9 Å². The lowest BCUT2D eigenvalue weighted by atomic mass is 9.81. The Bertz CT molecular complexity index is 1160. The molecule has 0 atom stereocenters. The fraction of sp³-hybridized carbons (Fsp3) is 0.400. The van der Waals surface area contributed by atoms with E-state index in [1.165, 1.54) is 12.3 Å². The third-order valence-corrected chi connectivity index (χ3v) is 6.78. The number of halogens is 3. The Morgan fingerprint density at radius 1 is 1.06 bits per heavy atom. The second-order valence-electron chi connectivity index (χ2n) is 8.98. The first-order valence-corrected chi connectivity index (χ1v) is 11.4. The minimum atomic E-state index is -2.70. The Labute approximate surface area is 190 Å². The molecular formula is C25H25F3N4O. The number of amides is 1. The average molecular weight is 454 g/mol. The number of carbonyl (C=O) groups is 1. The SMILES string of the molecule is O=C(Nc1cnn(C2CCC2)c1)c1c(-c2ccccc2F)ccnc1C1CCC(F)(F)CC1. The number of pyridine rings is 1. The zero-order valence-electron chi connectivity index (χ0n) is 18.1. The van der Waals surface area contributed by atoms with E-state index in [4.69, 9.17) is 0 Å². The Balaban J connectivity index is 1.52. The summed E-state index contributed by atoms with van der Waals surface area (Å²) in [6.07, 6.45) is 8.14. The topological polar surface area (TPSA) is 59.8 Å². The number of carbonyl (C=O) groups excluding carboxylic acids is 1. The standard InChI is InChI=1S/C25H25F3N4O/c26-21-7-2-1-6-19(21)20-10-13-29-23(16-8-11-25(27,28)12-9-16)22(20)24(33)31-17-14-30-32(15-17)18-4-3-5-18/h1-2,6-7,10,13-16,18H,3-5,8-9,11-12H2,(H,31,33). The number of benzene rings is 1. The van der Waals surface area contributed by atoms with Gasteiger partial charge in [0, 0.05) is 42.3 Å². The van der Waals surface area contributed by atoms with Crippen molar-refractivity contribution in [1.29, 1.82) is 0 Å². The van der Waals surface area contributed by atoms with Crippen LogP contribution in [0.1, 0.15) is 73.0 Å². The molecule has 0 spiro atoms. The summed E-state index contributed by atoms with van der Waals surface area (Å²) >= 11 is 0. The molecule has 5 rings (SSSR count). The summed E-state index contributed by atoms with van der Waals surface area (Å²) in [5, 5.41) is 7.23. The molecule has 2 heterocycles. The molecule has 8 heteroatoms. The van der Waals surface area contributed by atoms with E-state index < -0.39 is 17.6 Å². The first-order valence-electron chi connectivity index (χ1n) is 11.4. The Morgan fingerprint density at radius 3 is 2.52 bits per heavy atom. The van der Waals surface area contributed by atoms with Crippen molar-refractivity contribution in [3.8, 4) is 11.1 Å². The molecule has 2 saturated carbocycles. The molecule has 0 bridgehead atoms. The van der Waals surface area contributed by atoms with Gasteiger partial charge >= 0.3 is 0 Å². The van der Waals surface area contributed by atoms with Crippen LogP contribution in [0.5, 0.6) is 0 Å². The van der Waals surface area contributed by atoms with Crippen LogP contribution in [-0.4, -0.2) is 26.6 Å². The molecule has 2 aliphatic carbocycles. The molecule has 2 aliphatic rings. The van der Waals surface area contributed by atoms with Crippen molar-refractivity contribution in [2.45, 2.75) is 62.8 Å². The lowest BCUT2D eigenvalue weighted by Crippen LogP contribution is -2.26. The molecular weight excluding hydrogens is 429 g/mol. The summed E-state index contributed by atoms with van der Waals surface area (Å²) in [4.78, 5) is 17.9. The highest BCUT2D eigenvalue weighted by Gasteiger charge is 2.37. The number of alkyl halides is 2. The number of hydrogen-bond donors (Lipinski definition) is 1. The Morgan fingerprint density at radius 2 is 1.82 bits per heavy atom. The van der Waals surface area contributed by atoms with Gasteiger partial charge in [0.25, 0.3) is 5.91 Å². The van der Waals surface area contributed by atoms with Crippen molar-refractivity contribution in [3.63, 3.8) is 0 Å². The molecule has 0 aliphatic heterocycles. The molecule has 0 saturated heterocycles. The molecule has 3 aromatic rings. The zero-order valence-corrected chi connectivity index (χ0v) is 18.1. The third kappa shape index (κ3) is 4.38. The van der Waals surface area contributed by atoms with E-state index in [0.29, 0.717) is 23.0 Å². The van der Waals surface area contributed by atoms with E-state index in [-0.39, 0.29) is 42.7 Å². The number of nitrogens with one attached hydrogen (secondary N) is 1. The van der Waals surface area contributed by atoms with Crippen molar-refractivity contribution >= 4 is 11.6 Å². The van der Waals surface area contributed by atoms with Crippen molar-refractivity contribution in [2.75, 3.05) is 5.32 Å². The van der Waals surface area contributed by atoms with Gasteiger partial charge in [-0.25, -0.2) is 13.2 Å². The molecule has 1 amide bonds. The first kappa shape index (κ1) is 21.7. The summed E-state index contributed by atoms with van der Waals surface area (Å²) in [7, 11) is 0. The summed E-state index contributed by atoms with van der Waals surface area (Å²) in [6.45, 7) is 0. The second-order valence-corrected chi connectivity index (χ2v) is 8.98. The van der Waals surface area contributed by atoms with Crippen LogP contribution in [0.4, 0.5) is 18.9 Å². The van der Waals surface area contributed by atoms with Gasteiger partial charge in [-0.05, 0) is 44.2 Å². The molecule has 0 unspecified atom stereocenters. The highest BCUT2D eigenvalue weighted by Crippen LogP contribution is 2.43. The second kappa shape index (κ2) is 8.65. The number of nitrogens with zero attached hydrogens (tertiary/aromatic N) is 3. The van der Waals surface area contributed by atoms with E-state index in [1.807, 2.05) is 4.68 Å². The van der Waals surface area contributed by atoms with Gasteiger partial charge in [0.15, 0.2) is 0 Å². The molecule has 2 aromatic heterocycles. The predicted octanol–water partition coefficient (Wildman–Crippen LogP) is 6.35. The molecule has 5 nitrogen and oxygen atoms in total. The predicted molar refractivity (Wildman–Crippen MR) is 119 cm³/mol. The van der Waals surface area contributed by atoms with Crippen LogP contribution in [0.3, 0.4) is 0 Å².